The molecule has 0 heterocycles. The molecule has 0 aliphatic rings. The minimum atomic E-state index is -3.42. The number of thiocarbonyl (C=S) groups is 1. The van der Waals surface area contributed by atoms with Gasteiger partial charge in [0.05, 0.1) is 4.99 Å². The van der Waals surface area contributed by atoms with Gasteiger partial charge in [-0.3, -0.25) is 0 Å². The summed E-state index contributed by atoms with van der Waals surface area (Å²) in [6.07, 6.45) is 0. The zero-order chi connectivity index (χ0) is 12.1. The van der Waals surface area contributed by atoms with Crippen molar-refractivity contribution in [3.8, 4) is 0 Å². The molecule has 1 atom stereocenters. The van der Waals surface area contributed by atoms with E-state index in [0.717, 1.165) is 0 Å². The fourth-order valence-electron chi connectivity index (χ4n) is 0.663. The molecule has 5 nitrogen and oxygen atoms in total. The van der Waals surface area contributed by atoms with Crippen LogP contribution in [0.25, 0.3) is 0 Å². The first-order valence-corrected chi connectivity index (χ1v) is 6.67. The zero-order valence-corrected chi connectivity index (χ0v) is 10.9. The molecule has 0 aromatic carbocycles. The van der Waals surface area contributed by atoms with Crippen LogP contribution in [0.2, 0.25) is 0 Å². The highest BCUT2D eigenvalue weighted by Gasteiger charge is 2.12. The molecular weight excluding hydrogens is 234 g/mol. The topological polar surface area (TPSA) is 84.2 Å². The molecular formula is C8H19N3O2S2. The maximum absolute atomic E-state index is 11.4. The van der Waals surface area contributed by atoms with E-state index in [1.807, 2.05) is 13.8 Å². The summed E-state index contributed by atoms with van der Waals surface area (Å²) in [6, 6.07) is 0. The van der Waals surface area contributed by atoms with E-state index in [1.54, 1.807) is 6.92 Å². The predicted molar refractivity (Wildman–Crippen MR) is 65.7 cm³/mol. The van der Waals surface area contributed by atoms with E-state index in [2.05, 4.69) is 9.44 Å². The van der Waals surface area contributed by atoms with Crippen LogP contribution < -0.4 is 15.2 Å². The van der Waals surface area contributed by atoms with E-state index in [0.29, 0.717) is 11.5 Å². The molecule has 0 spiro atoms. The first-order chi connectivity index (χ1) is 6.74. The Morgan fingerprint density at radius 2 is 1.73 bits per heavy atom. The van der Waals surface area contributed by atoms with Gasteiger partial charge < -0.3 is 5.73 Å². The average Bonchev–Trinajstić information content (AvgIpc) is 2.11. The third-order valence-electron chi connectivity index (χ3n) is 1.75. The monoisotopic (exact) mass is 253 g/mol. The van der Waals surface area contributed by atoms with E-state index in [9.17, 15) is 8.42 Å². The van der Waals surface area contributed by atoms with Crippen molar-refractivity contribution in [3.05, 3.63) is 0 Å². The van der Waals surface area contributed by atoms with Crippen LogP contribution >= 0.6 is 12.2 Å². The van der Waals surface area contributed by atoms with Crippen molar-refractivity contribution in [2.24, 2.45) is 17.6 Å². The summed E-state index contributed by atoms with van der Waals surface area (Å²) in [4.78, 5) is 0.307. The number of nitrogens with one attached hydrogen (secondary N) is 2. The van der Waals surface area contributed by atoms with Crippen molar-refractivity contribution in [3.63, 3.8) is 0 Å². The Kier molecular flexibility index (Phi) is 6.26. The summed E-state index contributed by atoms with van der Waals surface area (Å²) in [5.41, 5.74) is 5.36. The fraction of sp³-hybridized carbons (Fsp3) is 0.875. The molecule has 0 aliphatic heterocycles. The number of nitrogens with two attached hydrogens (primary N) is 1. The summed E-state index contributed by atoms with van der Waals surface area (Å²) in [7, 11) is -3.42. The summed E-state index contributed by atoms with van der Waals surface area (Å²) in [6.45, 7) is 6.27. The molecule has 0 saturated carbocycles. The van der Waals surface area contributed by atoms with Crippen molar-refractivity contribution in [1.82, 2.24) is 9.44 Å². The molecule has 1 unspecified atom stereocenters. The Labute approximate surface area is 97.0 Å². The summed E-state index contributed by atoms with van der Waals surface area (Å²) in [5.74, 6) is 0.130. The lowest BCUT2D eigenvalue weighted by Gasteiger charge is -2.13. The SMILES string of the molecule is CC(C)CNS(=O)(=O)NCC(C)C(N)=S. The van der Waals surface area contributed by atoms with Crippen LogP contribution in [-0.2, 0) is 10.2 Å². The largest absolute Gasteiger partial charge is 0.393 e. The first kappa shape index (κ1) is 14.8. The Hall–Kier alpha value is -0.240. The van der Waals surface area contributed by atoms with E-state index in [1.165, 1.54) is 0 Å². The van der Waals surface area contributed by atoms with Gasteiger partial charge in [0, 0.05) is 19.0 Å². The molecule has 0 saturated heterocycles. The fourth-order valence-corrected chi connectivity index (χ4v) is 1.87. The van der Waals surface area contributed by atoms with Crippen molar-refractivity contribution in [2.45, 2.75) is 20.8 Å². The minimum Gasteiger partial charge on any atom is -0.393 e. The standard InChI is InChI=1S/C8H19N3O2S2/c1-6(2)4-10-15(12,13)11-5-7(3)8(9)14/h6-7,10-11H,4-5H2,1-3H3,(H2,9,14). The first-order valence-electron chi connectivity index (χ1n) is 4.78. The van der Waals surface area contributed by atoms with Crippen molar-refractivity contribution < 1.29 is 8.42 Å². The molecule has 0 aromatic heterocycles. The molecule has 0 rings (SSSR count). The van der Waals surface area contributed by atoms with Gasteiger partial charge >= 0.3 is 0 Å². The maximum atomic E-state index is 11.4. The number of hydrogen-bond acceptors (Lipinski definition) is 3. The van der Waals surface area contributed by atoms with Crippen LogP contribution in [0, 0.1) is 11.8 Å². The Morgan fingerprint density at radius 1 is 1.27 bits per heavy atom. The predicted octanol–water partition coefficient (Wildman–Crippen LogP) is -0.0114. The molecule has 15 heavy (non-hydrogen) atoms. The third kappa shape index (κ3) is 7.66. The number of hydrogen-bond donors (Lipinski definition) is 3. The summed E-state index contributed by atoms with van der Waals surface area (Å²) in [5, 5.41) is 0. The molecule has 0 fully saturated rings. The van der Waals surface area contributed by atoms with Crippen LogP contribution in [0.5, 0.6) is 0 Å². The second-order valence-corrected chi connectivity index (χ2v) is 5.95. The van der Waals surface area contributed by atoms with Gasteiger partial charge in [0.25, 0.3) is 10.2 Å². The molecule has 7 heteroatoms. The van der Waals surface area contributed by atoms with Gasteiger partial charge in [-0.15, -0.1) is 0 Å². The molecule has 0 radical (unpaired) electrons. The highest BCUT2D eigenvalue weighted by atomic mass is 32.2. The van der Waals surface area contributed by atoms with E-state index < -0.39 is 10.2 Å². The molecule has 90 valence electrons. The second-order valence-electron chi connectivity index (χ2n) is 3.90. The van der Waals surface area contributed by atoms with Gasteiger partial charge in [0.15, 0.2) is 0 Å². The van der Waals surface area contributed by atoms with E-state index in [4.69, 9.17) is 18.0 Å². The van der Waals surface area contributed by atoms with Crippen molar-refractivity contribution in [2.75, 3.05) is 13.1 Å². The van der Waals surface area contributed by atoms with Crippen LogP contribution in [0.4, 0.5) is 0 Å². The van der Waals surface area contributed by atoms with E-state index in [-0.39, 0.29) is 18.4 Å². The van der Waals surface area contributed by atoms with Gasteiger partial charge in [0.1, 0.15) is 0 Å². The lowest BCUT2D eigenvalue weighted by molar-refractivity contribution is 0.543. The molecule has 0 aliphatic carbocycles. The number of rotatable bonds is 7. The van der Waals surface area contributed by atoms with Gasteiger partial charge in [-0.2, -0.15) is 8.42 Å². The van der Waals surface area contributed by atoms with Gasteiger partial charge in [0.2, 0.25) is 0 Å². The lowest BCUT2D eigenvalue weighted by Crippen LogP contribution is -2.41. The lowest BCUT2D eigenvalue weighted by atomic mass is 10.2. The van der Waals surface area contributed by atoms with Crippen LogP contribution in [-0.4, -0.2) is 26.5 Å². The van der Waals surface area contributed by atoms with Gasteiger partial charge in [-0.05, 0) is 5.92 Å². The Morgan fingerprint density at radius 3 is 2.13 bits per heavy atom. The van der Waals surface area contributed by atoms with Crippen LogP contribution in [0.3, 0.4) is 0 Å². The van der Waals surface area contributed by atoms with Crippen molar-refractivity contribution >= 4 is 27.4 Å². The minimum absolute atomic E-state index is 0.143. The highest BCUT2D eigenvalue weighted by Crippen LogP contribution is 1.94. The maximum Gasteiger partial charge on any atom is 0.276 e. The van der Waals surface area contributed by atoms with Crippen molar-refractivity contribution in [1.29, 1.82) is 0 Å². The average molecular weight is 253 g/mol. The quantitative estimate of drug-likeness (QED) is 0.557. The summed E-state index contributed by atoms with van der Waals surface area (Å²) >= 11 is 4.74. The van der Waals surface area contributed by atoms with Gasteiger partial charge in [-0.25, -0.2) is 9.44 Å². The van der Waals surface area contributed by atoms with Crippen LogP contribution in [0.1, 0.15) is 20.8 Å². The molecule has 4 N–H and O–H groups in total. The van der Waals surface area contributed by atoms with Gasteiger partial charge in [-0.1, -0.05) is 33.0 Å². The van der Waals surface area contributed by atoms with E-state index >= 15 is 0 Å². The third-order valence-corrected chi connectivity index (χ3v) is 3.24. The Balaban J connectivity index is 4.00. The zero-order valence-electron chi connectivity index (χ0n) is 9.28. The normalized spacial score (nSPS) is 14.1. The second kappa shape index (κ2) is 6.37. The molecule has 0 amide bonds. The Bertz CT molecular complexity index is 301. The smallest absolute Gasteiger partial charge is 0.276 e. The summed E-state index contributed by atoms with van der Waals surface area (Å²) < 4.78 is 27.5. The van der Waals surface area contributed by atoms with Crippen LogP contribution in [0.15, 0.2) is 0 Å². The molecule has 0 aromatic rings. The molecule has 0 bridgehead atoms. The highest BCUT2D eigenvalue weighted by molar-refractivity contribution is 7.87.